The summed E-state index contributed by atoms with van der Waals surface area (Å²) in [6, 6.07) is 9.84. The summed E-state index contributed by atoms with van der Waals surface area (Å²) in [5, 5.41) is 11.9. The van der Waals surface area contributed by atoms with Crippen LogP contribution in [0.1, 0.15) is 26.2 Å². The first kappa shape index (κ1) is 24.6. The minimum absolute atomic E-state index is 0.00783. The van der Waals surface area contributed by atoms with Gasteiger partial charge in [0.05, 0.1) is 0 Å². The number of benzene rings is 1. The number of para-hydroxylation sites is 1. The van der Waals surface area contributed by atoms with Gasteiger partial charge in [-0.05, 0) is 38.3 Å². The number of rotatable bonds is 3. The zero-order valence-corrected chi connectivity index (χ0v) is 21.7. The first-order chi connectivity index (χ1) is 14.9. The molecule has 2 amide bonds. The molecule has 1 aromatic rings. The van der Waals surface area contributed by atoms with Gasteiger partial charge in [0.25, 0.3) is 0 Å². The smallest absolute Gasteiger partial charge is 0.465 e. The third-order valence-corrected chi connectivity index (χ3v) is 6.63. The summed E-state index contributed by atoms with van der Waals surface area (Å²) in [6.07, 6.45) is 1.64. The number of hydrogen-bond acceptors (Lipinski definition) is 4. The number of hydrogen-bond donors (Lipinski definition) is 1. The highest BCUT2D eigenvalue weighted by molar-refractivity contribution is 9.23. The zero-order valence-electron chi connectivity index (χ0n) is 18.7. The van der Waals surface area contributed by atoms with Crippen LogP contribution in [0.25, 0.3) is 0 Å². The molecule has 0 spiro atoms. The molecule has 1 aromatic carbocycles. The highest BCUT2D eigenvalue weighted by Crippen LogP contribution is 2.35. The molecule has 0 radical (unpaired) electrons. The van der Waals surface area contributed by atoms with Gasteiger partial charge in [0.2, 0.25) is 5.91 Å². The van der Waals surface area contributed by atoms with Gasteiger partial charge in [-0.2, -0.15) is 0 Å². The molecule has 3 saturated heterocycles. The van der Waals surface area contributed by atoms with Gasteiger partial charge < -0.3 is 27.8 Å². The van der Waals surface area contributed by atoms with Crippen LogP contribution in [-0.4, -0.2) is 107 Å². The predicted octanol–water partition coefficient (Wildman–Crippen LogP) is 2.99. The van der Waals surface area contributed by atoms with Gasteiger partial charge in [-0.15, -0.1) is 5.05 Å². The number of likely N-dealkylation sites (tertiary alicyclic amines) is 2. The minimum Gasteiger partial charge on any atom is -0.465 e. The lowest BCUT2D eigenvalue weighted by Crippen LogP contribution is -2.57. The lowest BCUT2D eigenvalue weighted by Gasteiger charge is -2.44. The third-order valence-electron chi connectivity index (χ3n) is 6.63. The fraction of sp³-hybridized carbons (Fsp3) is 0.636. The summed E-state index contributed by atoms with van der Waals surface area (Å²) in [6.45, 7) is 7.63. The van der Waals surface area contributed by atoms with Gasteiger partial charge in [-0.25, -0.2) is 4.79 Å². The van der Waals surface area contributed by atoms with E-state index in [1.165, 1.54) is 10.6 Å². The average molecular weight is 506 g/mol. The summed E-state index contributed by atoms with van der Waals surface area (Å²) in [5.74, 6) is -0.00783. The number of nitrogens with zero attached hydrogens (tertiary/aromatic N) is 4. The van der Waals surface area contributed by atoms with Gasteiger partial charge in [0.1, 0.15) is 6.04 Å². The van der Waals surface area contributed by atoms with Crippen molar-refractivity contribution in [3.8, 4) is 0 Å². The standard InChI is InChI=1S/C21H30N4O3.CH3.BrH.Mg/c1-21(24-13-11-22(12-14-24)17-7-3-2-4-8-17)15-18(25(16-21)20(27)28)19(26)23-9-5-6-10-23;;;/h2-4,7-8,18H,5-6,9-16H2,1H3,(H,27,28);1H3;1H;/q;;;+1/p-1/t18-,21-;;;/m0.../s1. The van der Waals surface area contributed by atoms with E-state index in [9.17, 15) is 14.7 Å². The molecule has 9 heteroatoms. The Labute approximate surface area is 201 Å². The van der Waals surface area contributed by atoms with E-state index in [2.05, 4.69) is 58.9 Å². The number of carbonyl (C=O) groups is 2. The molecule has 1 N–H and O–H groups in total. The molecule has 3 fully saturated rings. The van der Waals surface area contributed by atoms with E-state index in [-0.39, 0.29) is 29.6 Å². The summed E-state index contributed by atoms with van der Waals surface area (Å²) in [7, 11) is 0. The number of amides is 2. The molecule has 0 saturated carbocycles. The van der Waals surface area contributed by atoms with Crippen LogP contribution in [0, 0.1) is 0 Å². The van der Waals surface area contributed by atoms with Gasteiger partial charge in [-0.3, -0.25) is 14.6 Å². The van der Waals surface area contributed by atoms with Crippen LogP contribution in [-0.2, 0) is 4.79 Å². The second-order valence-corrected chi connectivity index (χ2v) is 12.6. The second-order valence-electron chi connectivity index (χ2n) is 8.74. The predicted molar refractivity (Wildman–Crippen MR) is 128 cm³/mol. The van der Waals surface area contributed by atoms with Crippen molar-refractivity contribution in [2.24, 2.45) is 0 Å². The Morgan fingerprint density at radius 2 is 1.65 bits per heavy atom. The van der Waals surface area contributed by atoms with Crippen molar-refractivity contribution in [2.45, 2.75) is 42.8 Å². The molecule has 31 heavy (non-hydrogen) atoms. The molecule has 0 unspecified atom stereocenters. The van der Waals surface area contributed by atoms with E-state index in [1.807, 2.05) is 11.0 Å². The highest BCUT2D eigenvalue weighted by atomic mass is 79.9. The fourth-order valence-corrected chi connectivity index (χ4v) is 5.01. The lowest BCUT2D eigenvalue weighted by molar-refractivity contribution is -0.134. The molecule has 2 atom stereocenters. The SMILES string of the molecule is C[C@]1(N2CCN(c3ccccc3)CC2)C[C@@H](C(=O)N2CCCC2)N(C(=O)O)C1.[CH3][Mg][Br]. The van der Waals surface area contributed by atoms with Crippen molar-refractivity contribution in [3.05, 3.63) is 30.3 Å². The molecule has 3 aliphatic heterocycles. The molecule has 3 aliphatic rings. The molecular formula is C22H33BrMgN4O3. The number of anilines is 1. The van der Waals surface area contributed by atoms with E-state index >= 15 is 0 Å². The van der Waals surface area contributed by atoms with Gasteiger partial charge in [-0.1, -0.05) is 18.2 Å². The van der Waals surface area contributed by atoms with E-state index in [4.69, 9.17) is 0 Å². The van der Waals surface area contributed by atoms with Crippen LogP contribution in [0.2, 0.25) is 5.05 Å². The van der Waals surface area contributed by atoms with E-state index < -0.39 is 12.1 Å². The Morgan fingerprint density at radius 3 is 2.19 bits per heavy atom. The largest absolute Gasteiger partial charge is 0.465 e. The zero-order chi connectivity index (χ0) is 22.4. The Morgan fingerprint density at radius 1 is 1.06 bits per heavy atom. The van der Waals surface area contributed by atoms with E-state index in [0.717, 1.165) is 52.1 Å². The highest BCUT2D eigenvalue weighted by Gasteiger charge is 2.50. The van der Waals surface area contributed by atoms with Crippen LogP contribution in [0.15, 0.2) is 30.3 Å². The third kappa shape index (κ3) is 5.86. The fourth-order valence-electron chi connectivity index (χ4n) is 5.01. The summed E-state index contributed by atoms with van der Waals surface area (Å²) in [4.78, 5) is 32.8. The molecule has 7 nitrogen and oxygen atoms in total. The van der Waals surface area contributed by atoms with Crippen molar-refractivity contribution >= 4 is 48.8 Å². The van der Waals surface area contributed by atoms with Crippen molar-refractivity contribution in [1.29, 1.82) is 0 Å². The quantitative estimate of drug-likeness (QED) is 0.640. The van der Waals surface area contributed by atoms with Crippen molar-refractivity contribution in [2.75, 3.05) is 50.7 Å². The molecule has 0 aliphatic carbocycles. The average Bonchev–Trinajstić information content (AvgIpc) is 3.44. The number of carboxylic acid groups (broad SMARTS) is 1. The van der Waals surface area contributed by atoms with Crippen LogP contribution in [0.3, 0.4) is 0 Å². The maximum atomic E-state index is 13.0. The molecule has 0 aromatic heterocycles. The van der Waals surface area contributed by atoms with Gasteiger partial charge in [0, 0.05) is 57.0 Å². The van der Waals surface area contributed by atoms with Crippen molar-refractivity contribution < 1.29 is 14.7 Å². The minimum atomic E-state index is -0.982. The summed E-state index contributed by atoms with van der Waals surface area (Å²) >= 11 is 3.51. The number of carbonyl (C=O) groups excluding carboxylic acids is 1. The Bertz CT molecular complexity index is 742. The first-order valence-corrected chi connectivity index (χ1v) is 16.6. The van der Waals surface area contributed by atoms with Crippen LogP contribution in [0.4, 0.5) is 10.5 Å². The molecule has 0 bridgehead atoms. The van der Waals surface area contributed by atoms with Gasteiger partial charge >= 0.3 is 24.3 Å². The Hall–Kier alpha value is -1.03. The topological polar surface area (TPSA) is 67.3 Å². The molecule has 3 heterocycles. The Kier molecular flexibility index (Phi) is 8.89. The molecule has 4 rings (SSSR count). The lowest BCUT2D eigenvalue weighted by atomic mass is 9.94. The van der Waals surface area contributed by atoms with Gasteiger partial charge in [0.15, 0.2) is 0 Å². The normalized spacial score (nSPS) is 26.3. The maximum Gasteiger partial charge on any atom is 0.465 e. The Balaban J connectivity index is 0.000000858. The summed E-state index contributed by atoms with van der Waals surface area (Å²) < 4.78 is 0. The monoisotopic (exact) mass is 504 g/mol. The number of halogens is 1. The van der Waals surface area contributed by atoms with Crippen LogP contribution < -0.4 is 4.90 Å². The van der Waals surface area contributed by atoms with Crippen molar-refractivity contribution in [3.63, 3.8) is 0 Å². The second kappa shape index (κ2) is 11.2. The van der Waals surface area contributed by atoms with Crippen LogP contribution in [0.5, 0.6) is 0 Å². The van der Waals surface area contributed by atoms with Crippen molar-refractivity contribution in [1.82, 2.24) is 14.7 Å². The number of piperazine rings is 1. The molecular weight excluding hydrogens is 472 g/mol. The van der Waals surface area contributed by atoms with E-state index in [0.29, 0.717) is 13.0 Å². The molecule has 168 valence electrons. The summed E-state index contributed by atoms with van der Waals surface area (Å²) in [5.41, 5.74) is 0.939. The maximum absolute atomic E-state index is 13.0. The van der Waals surface area contributed by atoms with Crippen LogP contribution >= 0.6 is 12.9 Å². The first-order valence-electron chi connectivity index (χ1n) is 11.3. The van der Waals surface area contributed by atoms with E-state index in [1.54, 1.807) is 0 Å².